The second-order valence-electron chi connectivity index (χ2n) is 4.54. The monoisotopic (exact) mass is 268 g/mol. The maximum atomic E-state index is 12.4. The molecule has 3 aromatic rings. The second-order valence-corrected chi connectivity index (χ2v) is 4.54. The van der Waals surface area contributed by atoms with Crippen LogP contribution in [0.3, 0.4) is 0 Å². The van der Waals surface area contributed by atoms with Crippen LogP contribution in [0.2, 0.25) is 0 Å². The van der Waals surface area contributed by atoms with Gasteiger partial charge < -0.3 is 5.11 Å². The van der Waals surface area contributed by atoms with E-state index in [1.54, 1.807) is 30.3 Å². The molecule has 0 saturated heterocycles. The molecular formula is C14H12N4O2. The van der Waals surface area contributed by atoms with Crippen LogP contribution in [0.4, 0.5) is 0 Å². The first kappa shape index (κ1) is 12.3. The number of aromatic nitrogens is 4. The summed E-state index contributed by atoms with van der Waals surface area (Å²) in [5.74, 6) is -0.0588. The second kappa shape index (κ2) is 4.41. The molecule has 3 rings (SSSR count). The molecule has 0 atom stereocenters. The summed E-state index contributed by atoms with van der Waals surface area (Å²) in [5.41, 5.74) is 1.10. The molecule has 0 saturated carbocycles. The zero-order valence-corrected chi connectivity index (χ0v) is 11.0. The van der Waals surface area contributed by atoms with Crippen LogP contribution in [0.15, 0.2) is 35.1 Å². The SMILES string of the molecule is Cc1cc(C)nc(-n2nc(O)c3ccccc3c2=O)n1. The predicted molar refractivity (Wildman–Crippen MR) is 74.1 cm³/mol. The van der Waals surface area contributed by atoms with Gasteiger partial charge in [-0.15, -0.1) is 5.10 Å². The summed E-state index contributed by atoms with van der Waals surface area (Å²) in [6, 6.07) is 8.55. The van der Waals surface area contributed by atoms with Gasteiger partial charge in [0, 0.05) is 11.4 Å². The van der Waals surface area contributed by atoms with E-state index < -0.39 is 0 Å². The molecule has 2 aromatic heterocycles. The highest BCUT2D eigenvalue weighted by atomic mass is 16.3. The highest BCUT2D eigenvalue weighted by Gasteiger charge is 2.12. The third-order valence-corrected chi connectivity index (χ3v) is 2.95. The fourth-order valence-corrected chi connectivity index (χ4v) is 2.11. The molecule has 2 heterocycles. The average Bonchev–Trinajstić information content (AvgIpc) is 2.42. The zero-order chi connectivity index (χ0) is 14.3. The largest absolute Gasteiger partial charge is 0.492 e. The Morgan fingerprint density at radius 2 is 1.65 bits per heavy atom. The number of aromatic hydroxyl groups is 1. The zero-order valence-electron chi connectivity index (χ0n) is 11.0. The van der Waals surface area contributed by atoms with Gasteiger partial charge in [-0.25, -0.2) is 9.97 Å². The van der Waals surface area contributed by atoms with Crippen LogP contribution in [-0.2, 0) is 0 Å². The van der Waals surface area contributed by atoms with Gasteiger partial charge in [-0.05, 0) is 32.0 Å². The van der Waals surface area contributed by atoms with Crippen molar-refractivity contribution >= 4 is 10.8 Å². The van der Waals surface area contributed by atoms with Gasteiger partial charge in [-0.3, -0.25) is 4.79 Å². The Balaban J connectivity index is 2.37. The molecule has 0 fully saturated rings. The number of fused-ring (bicyclic) bond motifs is 1. The topological polar surface area (TPSA) is 80.9 Å². The molecule has 0 radical (unpaired) electrons. The summed E-state index contributed by atoms with van der Waals surface area (Å²) in [4.78, 5) is 20.8. The van der Waals surface area contributed by atoms with Gasteiger partial charge in [0.2, 0.25) is 5.88 Å². The molecule has 0 bridgehead atoms. The Labute approximate surface area is 114 Å². The maximum absolute atomic E-state index is 12.4. The van der Waals surface area contributed by atoms with Crippen LogP contribution >= 0.6 is 0 Å². The van der Waals surface area contributed by atoms with Crippen molar-refractivity contribution in [2.75, 3.05) is 0 Å². The van der Waals surface area contributed by atoms with Crippen molar-refractivity contribution in [3.8, 4) is 11.8 Å². The first-order chi connectivity index (χ1) is 9.56. The molecule has 0 spiro atoms. The van der Waals surface area contributed by atoms with Crippen molar-refractivity contribution in [3.63, 3.8) is 0 Å². The first-order valence-electron chi connectivity index (χ1n) is 6.10. The molecule has 0 aliphatic rings. The summed E-state index contributed by atoms with van der Waals surface area (Å²) in [5, 5.41) is 14.6. The molecule has 0 aliphatic heterocycles. The number of nitrogens with zero attached hydrogens (tertiary/aromatic N) is 4. The van der Waals surface area contributed by atoms with E-state index in [4.69, 9.17) is 0 Å². The Bertz CT molecular complexity index is 850. The quantitative estimate of drug-likeness (QED) is 0.723. The van der Waals surface area contributed by atoms with E-state index in [2.05, 4.69) is 15.1 Å². The van der Waals surface area contributed by atoms with Crippen LogP contribution in [0, 0.1) is 13.8 Å². The third kappa shape index (κ3) is 1.91. The van der Waals surface area contributed by atoms with Crippen molar-refractivity contribution in [3.05, 3.63) is 52.1 Å². The molecule has 0 aliphatic carbocycles. The van der Waals surface area contributed by atoms with Gasteiger partial charge in [0.05, 0.1) is 10.8 Å². The minimum atomic E-state index is -0.358. The van der Waals surface area contributed by atoms with E-state index in [1.807, 2.05) is 13.8 Å². The predicted octanol–water partition coefficient (Wildman–Crippen LogP) is 1.50. The summed E-state index contributed by atoms with van der Waals surface area (Å²) in [6.45, 7) is 3.62. The Morgan fingerprint density at radius 1 is 1.05 bits per heavy atom. The van der Waals surface area contributed by atoms with Crippen LogP contribution in [0.5, 0.6) is 5.88 Å². The standard InChI is InChI=1S/C14H12N4O2/c1-8-7-9(2)16-14(15-8)18-13(20)11-6-4-3-5-10(11)12(19)17-18/h3-7H,1-2H3,(H,17,19). The summed E-state index contributed by atoms with van der Waals surface area (Å²) in [7, 11) is 0. The molecule has 100 valence electrons. The average molecular weight is 268 g/mol. The van der Waals surface area contributed by atoms with Crippen LogP contribution in [0.1, 0.15) is 11.4 Å². The lowest BCUT2D eigenvalue weighted by Crippen LogP contribution is -2.23. The lowest BCUT2D eigenvalue weighted by molar-refractivity contribution is 0.442. The fourth-order valence-electron chi connectivity index (χ4n) is 2.11. The minimum Gasteiger partial charge on any atom is -0.492 e. The molecule has 0 amide bonds. The normalized spacial score (nSPS) is 10.9. The maximum Gasteiger partial charge on any atom is 0.282 e. The number of hydrogen-bond donors (Lipinski definition) is 1. The Kier molecular flexibility index (Phi) is 2.71. The highest BCUT2D eigenvalue weighted by molar-refractivity contribution is 5.85. The molecule has 1 aromatic carbocycles. The van der Waals surface area contributed by atoms with E-state index in [9.17, 15) is 9.90 Å². The smallest absolute Gasteiger partial charge is 0.282 e. The van der Waals surface area contributed by atoms with Gasteiger partial charge in [0.25, 0.3) is 11.5 Å². The van der Waals surface area contributed by atoms with Gasteiger partial charge in [-0.2, -0.15) is 4.68 Å². The fraction of sp³-hybridized carbons (Fsp3) is 0.143. The molecule has 1 N–H and O–H groups in total. The van der Waals surface area contributed by atoms with Crippen molar-refractivity contribution in [1.82, 2.24) is 19.7 Å². The van der Waals surface area contributed by atoms with E-state index in [0.29, 0.717) is 10.8 Å². The lowest BCUT2D eigenvalue weighted by atomic mass is 10.2. The van der Waals surface area contributed by atoms with Gasteiger partial charge in [0.1, 0.15) is 0 Å². The number of benzene rings is 1. The van der Waals surface area contributed by atoms with Gasteiger partial charge >= 0.3 is 0 Å². The number of rotatable bonds is 1. The molecule has 0 unspecified atom stereocenters. The van der Waals surface area contributed by atoms with E-state index in [1.165, 1.54) is 0 Å². The van der Waals surface area contributed by atoms with Crippen molar-refractivity contribution in [1.29, 1.82) is 0 Å². The molecular weight excluding hydrogens is 256 g/mol. The summed E-state index contributed by atoms with van der Waals surface area (Å²) in [6.07, 6.45) is 0. The van der Waals surface area contributed by atoms with Crippen LogP contribution in [0.25, 0.3) is 16.7 Å². The van der Waals surface area contributed by atoms with Crippen molar-refractivity contribution in [2.45, 2.75) is 13.8 Å². The van der Waals surface area contributed by atoms with Gasteiger partial charge in [0.15, 0.2) is 0 Å². The van der Waals surface area contributed by atoms with Crippen LogP contribution in [-0.4, -0.2) is 24.9 Å². The Morgan fingerprint density at radius 3 is 2.30 bits per heavy atom. The molecule has 6 heteroatoms. The first-order valence-corrected chi connectivity index (χ1v) is 6.10. The molecule has 20 heavy (non-hydrogen) atoms. The molecule has 6 nitrogen and oxygen atoms in total. The van der Waals surface area contributed by atoms with Crippen molar-refractivity contribution in [2.24, 2.45) is 0 Å². The van der Waals surface area contributed by atoms with E-state index >= 15 is 0 Å². The highest BCUT2D eigenvalue weighted by Crippen LogP contribution is 2.18. The van der Waals surface area contributed by atoms with Crippen molar-refractivity contribution < 1.29 is 5.11 Å². The number of aryl methyl sites for hydroxylation is 2. The summed E-state index contributed by atoms with van der Waals surface area (Å²) < 4.78 is 1.03. The van der Waals surface area contributed by atoms with Gasteiger partial charge in [-0.1, -0.05) is 12.1 Å². The van der Waals surface area contributed by atoms with E-state index in [-0.39, 0.29) is 17.4 Å². The van der Waals surface area contributed by atoms with E-state index in [0.717, 1.165) is 16.1 Å². The Hall–Kier alpha value is -2.76. The van der Waals surface area contributed by atoms with Crippen LogP contribution < -0.4 is 5.56 Å². The lowest BCUT2D eigenvalue weighted by Gasteiger charge is -2.07. The number of hydrogen-bond acceptors (Lipinski definition) is 5. The third-order valence-electron chi connectivity index (χ3n) is 2.95. The minimum absolute atomic E-state index is 0.161. The summed E-state index contributed by atoms with van der Waals surface area (Å²) >= 11 is 0.